The van der Waals surface area contributed by atoms with Gasteiger partial charge in [-0.2, -0.15) is 0 Å². The van der Waals surface area contributed by atoms with Gasteiger partial charge in [-0.1, -0.05) is 0 Å². The summed E-state index contributed by atoms with van der Waals surface area (Å²) in [7, 11) is 0. The van der Waals surface area contributed by atoms with E-state index in [1.165, 1.54) is 11.3 Å². The van der Waals surface area contributed by atoms with Crippen molar-refractivity contribution in [2.75, 3.05) is 11.1 Å². The van der Waals surface area contributed by atoms with Crippen molar-refractivity contribution in [2.45, 2.75) is 6.54 Å². The van der Waals surface area contributed by atoms with Crippen molar-refractivity contribution in [3.8, 4) is 0 Å². The van der Waals surface area contributed by atoms with Gasteiger partial charge in [0.25, 0.3) is 0 Å². The number of benzene rings is 1. The Kier molecular flexibility index (Phi) is 3.23. The van der Waals surface area contributed by atoms with Gasteiger partial charge in [0.2, 0.25) is 0 Å². The van der Waals surface area contributed by atoms with Crippen LogP contribution in [-0.2, 0) is 6.54 Å². The molecule has 1 aromatic heterocycles. The van der Waals surface area contributed by atoms with E-state index in [-0.39, 0.29) is 12.2 Å². The molecule has 0 bridgehead atoms. The molecule has 0 radical (unpaired) electrons. The fourth-order valence-corrected chi connectivity index (χ4v) is 2.11. The Bertz CT molecular complexity index is 516. The molecule has 2 aromatic rings. The summed E-state index contributed by atoms with van der Waals surface area (Å²) in [5, 5.41) is 4.35. The minimum Gasteiger partial charge on any atom is -0.398 e. The topological polar surface area (TPSA) is 38.0 Å². The molecule has 90 valence electrons. The van der Waals surface area contributed by atoms with E-state index in [1.807, 2.05) is 0 Å². The number of rotatable bonds is 3. The highest BCUT2D eigenvalue weighted by molar-refractivity contribution is 7.10. The van der Waals surface area contributed by atoms with E-state index in [4.69, 9.17) is 5.73 Å². The highest BCUT2D eigenvalue weighted by Gasteiger charge is 2.11. The molecule has 1 heterocycles. The summed E-state index contributed by atoms with van der Waals surface area (Å²) in [6, 6.07) is 2.96. The van der Waals surface area contributed by atoms with Crippen molar-refractivity contribution in [3.63, 3.8) is 0 Å². The third-order valence-corrected chi connectivity index (χ3v) is 3.15. The van der Waals surface area contributed by atoms with Gasteiger partial charge in [0.05, 0.1) is 6.54 Å². The number of nitrogens with one attached hydrogen (secondary N) is 1. The first-order chi connectivity index (χ1) is 8.08. The molecule has 0 unspecified atom stereocenters. The summed E-state index contributed by atoms with van der Waals surface area (Å²) in [4.78, 5) is 0.771. The average Bonchev–Trinajstić information content (AvgIpc) is 2.62. The fraction of sp³-hybridized carbons (Fsp3) is 0.0909. The van der Waals surface area contributed by atoms with Crippen LogP contribution in [0.3, 0.4) is 0 Å². The second kappa shape index (κ2) is 4.67. The van der Waals surface area contributed by atoms with Crippen LogP contribution in [0.25, 0.3) is 0 Å². The molecule has 0 aliphatic carbocycles. The van der Waals surface area contributed by atoms with Gasteiger partial charge in [-0.15, -0.1) is 11.3 Å². The molecular formula is C11H9F3N2S. The largest absolute Gasteiger partial charge is 0.398 e. The molecule has 0 aliphatic rings. The molecule has 0 amide bonds. The van der Waals surface area contributed by atoms with Crippen LogP contribution in [0.2, 0.25) is 0 Å². The van der Waals surface area contributed by atoms with Crippen molar-refractivity contribution >= 4 is 22.7 Å². The molecule has 0 aliphatic heterocycles. The van der Waals surface area contributed by atoms with Crippen molar-refractivity contribution in [3.05, 3.63) is 45.9 Å². The molecule has 0 saturated carbocycles. The highest BCUT2D eigenvalue weighted by Crippen LogP contribution is 2.24. The standard InChI is InChI=1S/C11H9F3N2S/c12-6-3-7(13)11(8(14)4-6)16-5-10-9(15)1-2-17-10/h1-4,16H,5,15H2. The molecule has 2 nitrogen and oxygen atoms in total. The SMILES string of the molecule is Nc1ccsc1CNc1c(F)cc(F)cc1F. The highest BCUT2D eigenvalue weighted by atomic mass is 32.1. The third-order valence-electron chi connectivity index (χ3n) is 2.21. The summed E-state index contributed by atoms with van der Waals surface area (Å²) in [5.41, 5.74) is 5.84. The molecule has 17 heavy (non-hydrogen) atoms. The Balaban J connectivity index is 2.17. The fourth-order valence-electron chi connectivity index (χ4n) is 1.37. The summed E-state index contributed by atoms with van der Waals surface area (Å²) >= 11 is 1.38. The van der Waals surface area contributed by atoms with Gasteiger partial charge in [-0.3, -0.25) is 0 Å². The Morgan fingerprint density at radius 2 is 1.82 bits per heavy atom. The lowest BCUT2D eigenvalue weighted by molar-refractivity contribution is 0.547. The zero-order chi connectivity index (χ0) is 12.4. The third kappa shape index (κ3) is 2.52. The summed E-state index contributed by atoms with van der Waals surface area (Å²) in [6.45, 7) is 0.197. The van der Waals surface area contributed by atoms with E-state index < -0.39 is 17.5 Å². The van der Waals surface area contributed by atoms with Gasteiger partial charge in [0, 0.05) is 22.7 Å². The number of halogens is 3. The van der Waals surface area contributed by atoms with E-state index in [1.54, 1.807) is 11.4 Å². The van der Waals surface area contributed by atoms with Crippen molar-refractivity contribution < 1.29 is 13.2 Å². The normalized spacial score (nSPS) is 10.5. The lowest BCUT2D eigenvalue weighted by Crippen LogP contribution is -2.04. The summed E-state index contributed by atoms with van der Waals surface area (Å²) in [5.74, 6) is -2.86. The average molecular weight is 258 g/mol. The number of thiophene rings is 1. The van der Waals surface area contributed by atoms with Gasteiger partial charge in [-0.05, 0) is 11.4 Å². The molecule has 1 aromatic carbocycles. The number of nitrogens with two attached hydrogens (primary N) is 1. The molecule has 0 fully saturated rings. The Hall–Kier alpha value is -1.69. The molecule has 0 atom stereocenters. The number of hydrogen-bond acceptors (Lipinski definition) is 3. The van der Waals surface area contributed by atoms with Gasteiger partial charge < -0.3 is 11.1 Å². The summed E-state index contributed by atoms with van der Waals surface area (Å²) < 4.78 is 39.2. The molecule has 6 heteroatoms. The first-order valence-electron chi connectivity index (χ1n) is 4.78. The lowest BCUT2D eigenvalue weighted by Gasteiger charge is -2.08. The minimum atomic E-state index is -0.961. The monoisotopic (exact) mass is 258 g/mol. The number of hydrogen-bond donors (Lipinski definition) is 2. The second-order valence-electron chi connectivity index (χ2n) is 3.40. The molecule has 2 rings (SSSR count). The Morgan fingerprint density at radius 1 is 1.18 bits per heavy atom. The second-order valence-corrected chi connectivity index (χ2v) is 4.40. The first kappa shape index (κ1) is 11.8. The zero-order valence-corrected chi connectivity index (χ0v) is 9.45. The number of anilines is 2. The first-order valence-corrected chi connectivity index (χ1v) is 5.66. The van der Waals surface area contributed by atoms with Crippen LogP contribution in [-0.4, -0.2) is 0 Å². The van der Waals surface area contributed by atoms with Crippen molar-refractivity contribution in [1.82, 2.24) is 0 Å². The van der Waals surface area contributed by atoms with E-state index >= 15 is 0 Å². The van der Waals surface area contributed by atoms with Gasteiger partial charge in [-0.25, -0.2) is 13.2 Å². The van der Waals surface area contributed by atoms with Crippen LogP contribution in [0.5, 0.6) is 0 Å². The maximum Gasteiger partial charge on any atom is 0.152 e. The Labute approximate surface area is 99.9 Å². The van der Waals surface area contributed by atoms with Crippen LogP contribution >= 0.6 is 11.3 Å². The molecule has 3 N–H and O–H groups in total. The van der Waals surface area contributed by atoms with E-state index in [2.05, 4.69) is 5.32 Å². The number of nitrogen functional groups attached to an aromatic ring is 1. The predicted octanol–water partition coefficient (Wildman–Crippen LogP) is 3.36. The lowest BCUT2D eigenvalue weighted by atomic mass is 10.2. The van der Waals surface area contributed by atoms with Crippen LogP contribution in [0.1, 0.15) is 4.88 Å². The maximum atomic E-state index is 13.3. The van der Waals surface area contributed by atoms with Crippen LogP contribution in [0.15, 0.2) is 23.6 Å². The maximum absolute atomic E-state index is 13.3. The Morgan fingerprint density at radius 3 is 2.35 bits per heavy atom. The van der Waals surface area contributed by atoms with Gasteiger partial charge in [0.15, 0.2) is 11.6 Å². The predicted molar refractivity (Wildman–Crippen MR) is 62.4 cm³/mol. The molecular weight excluding hydrogens is 249 g/mol. The minimum absolute atomic E-state index is 0.197. The molecule has 0 saturated heterocycles. The van der Waals surface area contributed by atoms with Crippen molar-refractivity contribution in [2.24, 2.45) is 0 Å². The van der Waals surface area contributed by atoms with Gasteiger partial charge >= 0.3 is 0 Å². The van der Waals surface area contributed by atoms with E-state index in [9.17, 15) is 13.2 Å². The zero-order valence-electron chi connectivity index (χ0n) is 8.64. The van der Waals surface area contributed by atoms with Crippen molar-refractivity contribution in [1.29, 1.82) is 0 Å². The van der Waals surface area contributed by atoms with E-state index in [0.717, 1.165) is 4.88 Å². The quantitative estimate of drug-likeness (QED) is 0.886. The van der Waals surface area contributed by atoms with Crippen LogP contribution < -0.4 is 11.1 Å². The van der Waals surface area contributed by atoms with Gasteiger partial charge in [0.1, 0.15) is 11.5 Å². The summed E-state index contributed by atoms with van der Waals surface area (Å²) in [6.07, 6.45) is 0. The van der Waals surface area contributed by atoms with E-state index in [0.29, 0.717) is 17.8 Å². The van der Waals surface area contributed by atoms with Crippen LogP contribution in [0.4, 0.5) is 24.5 Å². The molecule has 0 spiro atoms. The smallest absolute Gasteiger partial charge is 0.152 e. The van der Waals surface area contributed by atoms with Crippen LogP contribution in [0, 0.1) is 17.5 Å².